The molecular formula is C11H18N2O. The largest absolute Gasteiger partial charge is 0.355 e. The molecule has 1 fully saturated rings. The fourth-order valence-electron chi connectivity index (χ4n) is 1.67. The lowest BCUT2D eigenvalue weighted by atomic mass is 9.81. The molecule has 1 amide bonds. The first-order chi connectivity index (χ1) is 6.66. The van der Waals surface area contributed by atoms with Gasteiger partial charge in [-0.05, 0) is 31.3 Å². The van der Waals surface area contributed by atoms with E-state index >= 15 is 0 Å². The third-order valence-electron chi connectivity index (χ3n) is 2.79. The van der Waals surface area contributed by atoms with E-state index in [1.54, 1.807) is 0 Å². The van der Waals surface area contributed by atoms with E-state index in [4.69, 9.17) is 6.42 Å². The van der Waals surface area contributed by atoms with Crippen molar-refractivity contribution in [1.29, 1.82) is 0 Å². The standard InChI is InChI=1S/C11H18N2O/c1-3-4-10(14)13-9-11(2)5-7-12-8-6-11/h1,12H,4-9H2,2H3,(H,13,14). The Labute approximate surface area is 85.6 Å². The van der Waals surface area contributed by atoms with Crippen LogP contribution in [0.4, 0.5) is 0 Å². The predicted molar refractivity (Wildman–Crippen MR) is 56.7 cm³/mol. The van der Waals surface area contributed by atoms with Crippen LogP contribution in [0, 0.1) is 17.8 Å². The molecule has 0 aromatic rings. The van der Waals surface area contributed by atoms with Gasteiger partial charge < -0.3 is 10.6 Å². The number of amides is 1. The molecule has 78 valence electrons. The Morgan fingerprint density at radius 1 is 1.57 bits per heavy atom. The average Bonchev–Trinajstić information content (AvgIpc) is 2.17. The quantitative estimate of drug-likeness (QED) is 0.643. The van der Waals surface area contributed by atoms with Crippen molar-refractivity contribution in [3.8, 4) is 12.3 Å². The van der Waals surface area contributed by atoms with Gasteiger partial charge in [-0.15, -0.1) is 6.42 Å². The fourth-order valence-corrected chi connectivity index (χ4v) is 1.67. The summed E-state index contributed by atoms with van der Waals surface area (Å²) < 4.78 is 0. The van der Waals surface area contributed by atoms with Gasteiger partial charge in [0.15, 0.2) is 0 Å². The molecule has 1 aliphatic rings. The first-order valence-corrected chi connectivity index (χ1v) is 5.07. The lowest BCUT2D eigenvalue weighted by Gasteiger charge is -2.34. The van der Waals surface area contributed by atoms with Crippen molar-refractivity contribution in [2.75, 3.05) is 19.6 Å². The monoisotopic (exact) mass is 194 g/mol. The van der Waals surface area contributed by atoms with Crippen molar-refractivity contribution < 1.29 is 4.79 Å². The van der Waals surface area contributed by atoms with Crippen LogP contribution < -0.4 is 10.6 Å². The number of nitrogens with one attached hydrogen (secondary N) is 2. The van der Waals surface area contributed by atoms with Crippen LogP contribution in [0.25, 0.3) is 0 Å². The van der Waals surface area contributed by atoms with Gasteiger partial charge in [0, 0.05) is 6.54 Å². The molecule has 1 saturated heterocycles. The van der Waals surface area contributed by atoms with E-state index in [-0.39, 0.29) is 17.7 Å². The molecule has 3 heteroatoms. The maximum absolute atomic E-state index is 11.2. The smallest absolute Gasteiger partial charge is 0.232 e. The predicted octanol–water partition coefficient (Wildman–Crippen LogP) is 0.516. The molecule has 1 aliphatic heterocycles. The molecule has 0 aliphatic carbocycles. The first-order valence-electron chi connectivity index (χ1n) is 5.07. The highest BCUT2D eigenvalue weighted by molar-refractivity contribution is 5.78. The van der Waals surface area contributed by atoms with Crippen LogP contribution >= 0.6 is 0 Å². The third kappa shape index (κ3) is 3.39. The second kappa shape index (κ2) is 5.02. The summed E-state index contributed by atoms with van der Waals surface area (Å²) in [5, 5.41) is 6.19. The van der Waals surface area contributed by atoms with Crippen LogP contribution in [0.15, 0.2) is 0 Å². The van der Waals surface area contributed by atoms with Gasteiger partial charge in [0.05, 0.1) is 6.42 Å². The average molecular weight is 194 g/mol. The first kappa shape index (κ1) is 11.1. The van der Waals surface area contributed by atoms with Crippen molar-refractivity contribution in [3.63, 3.8) is 0 Å². The Balaban J connectivity index is 2.28. The van der Waals surface area contributed by atoms with Crippen molar-refractivity contribution in [2.45, 2.75) is 26.2 Å². The minimum atomic E-state index is -0.0349. The molecule has 0 radical (unpaired) electrons. The van der Waals surface area contributed by atoms with Crippen molar-refractivity contribution in [3.05, 3.63) is 0 Å². The number of piperidine rings is 1. The highest BCUT2D eigenvalue weighted by atomic mass is 16.1. The summed E-state index contributed by atoms with van der Waals surface area (Å²) in [5.74, 6) is 2.31. The van der Waals surface area contributed by atoms with Crippen LogP contribution in [0.1, 0.15) is 26.2 Å². The number of rotatable bonds is 3. The molecule has 14 heavy (non-hydrogen) atoms. The Morgan fingerprint density at radius 2 is 2.21 bits per heavy atom. The van der Waals surface area contributed by atoms with Crippen LogP contribution in [0.2, 0.25) is 0 Å². The second-order valence-electron chi connectivity index (χ2n) is 4.22. The summed E-state index contributed by atoms with van der Waals surface area (Å²) in [4.78, 5) is 11.2. The van der Waals surface area contributed by atoms with Gasteiger partial charge in [0.2, 0.25) is 5.91 Å². The van der Waals surface area contributed by atoms with E-state index in [9.17, 15) is 4.79 Å². The SMILES string of the molecule is C#CCC(=O)NCC1(C)CCNCC1. The highest BCUT2D eigenvalue weighted by Gasteiger charge is 2.26. The normalized spacial score (nSPS) is 19.7. The van der Waals surface area contributed by atoms with E-state index in [0.29, 0.717) is 0 Å². The highest BCUT2D eigenvalue weighted by Crippen LogP contribution is 2.26. The molecule has 1 heterocycles. The summed E-state index contributed by atoms with van der Waals surface area (Å²) in [7, 11) is 0. The second-order valence-corrected chi connectivity index (χ2v) is 4.22. The molecule has 1 rings (SSSR count). The van der Waals surface area contributed by atoms with Crippen molar-refractivity contribution >= 4 is 5.91 Å². The molecule has 0 unspecified atom stereocenters. The van der Waals surface area contributed by atoms with Gasteiger partial charge in [-0.1, -0.05) is 12.8 Å². The molecular weight excluding hydrogens is 176 g/mol. The topological polar surface area (TPSA) is 41.1 Å². The van der Waals surface area contributed by atoms with E-state index in [1.165, 1.54) is 0 Å². The number of carbonyl (C=O) groups excluding carboxylic acids is 1. The van der Waals surface area contributed by atoms with Crippen molar-refractivity contribution in [1.82, 2.24) is 10.6 Å². The summed E-state index contributed by atoms with van der Waals surface area (Å²) in [5.41, 5.74) is 0.246. The van der Waals surface area contributed by atoms with Crippen LogP contribution in [0.5, 0.6) is 0 Å². The molecule has 0 aromatic heterocycles. The fraction of sp³-hybridized carbons (Fsp3) is 0.727. The van der Waals surface area contributed by atoms with Gasteiger partial charge >= 0.3 is 0 Å². The van der Waals surface area contributed by atoms with E-state index in [1.807, 2.05) is 0 Å². The third-order valence-corrected chi connectivity index (χ3v) is 2.79. The van der Waals surface area contributed by atoms with Crippen LogP contribution in [-0.4, -0.2) is 25.5 Å². The zero-order chi connectivity index (χ0) is 10.4. The number of hydrogen-bond donors (Lipinski definition) is 2. The Hall–Kier alpha value is -1.01. The van der Waals surface area contributed by atoms with Gasteiger partial charge in [-0.2, -0.15) is 0 Å². The molecule has 0 spiro atoms. The lowest BCUT2D eigenvalue weighted by Crippen LogP contribution is -2.42. The summed E-state index contributed by atoms with van der Waals surface area (Å²) >= 11 is 0. The number of hydrogen-bond acceptors (Lipinski definition) is 2. The minimum absolute atomic E-state index is 0.0349. The van der Waals surface area contributed by atoms with Gasteiger partial charge in [0.25, 0.3) is 0 Å². The zero-order valence-electron chi connectivity index (χ0n) is 8.73. The number of carbonyl (C=O) groups is 1. The van der Waals surface area contributed by atoms with Gasteiger partial charge in [0.1, 0.15) is 0 Å². The Bertz CT molecular complexity index is 236. The molecule has 0 atom stereocenters. The van der Waals surface area contributed by atoms with E-state index in [2.05, 4.69) is 23.5 Å². The van der Waals surface area contributed by atoms with E-state index in [0.717, 1.165) is 32.5 Å². The molecule has 2 N–H and O–H groups in total. The maximum atomic E-state index is 11.2. The number of terminal acetylenes is 1. The van der Waals surface area contributed by atoms with Crippen LogP contribution in [0.3, 0.4) is 0 Å². The molecule has 0 aromatic carbocycles. The van der Waals surface area contributed by atoms with Crippen LogP contribution in [-0.2, 0) is 4.79 Å². The Kier molecular flexibility index (Phi) is 3.97. The van der Waals surface area contributed by atoms with Crippen molar-refractivity contribution in [2.24, 2.45) is 5.41 Å². The van der Waals surface area contributed by atoms with Gasteiger partial charge in [-0.25, -0.2) is 0 Å². The maximum Gasteiger partial charge on any atom is 0.232 e. The molecule has 0 bridgehead atoms. The lowest BCUT2D eigenvalue weighted by molar-refractivity contribution is -0.120. The summed E-state index contributed by atoms with van der Waals surface area (Å²) in [6.45, 7) is 5.04. The molecule has 3 nitrogen and oxygen atoms in total. The minimum Gasteiger partial charge on any atom is -0.355 e. The van der Waals surface area contributed by atoms with E-state index < -0.39 is 0 Å². The molecule has 0 saturated carbocycles. The summed E-state index contributed by atoms with van der Waals surface area (Å²) in [6.07, 6.45) is 7.47. The Morgan fingerprint density at radius 3 is 2.79 bits per heavy atom. The van der Waals surface area contributed by atoms with Gasteiger partial charge in [-0.3, -0.25) is 4.79 Å². The zero-order valence-corrected chi connectivity index (χ0v) is 8.73. The summed E-state index contributed by atoms with van der Waals surface area (Å²) in [6, 6.07) is 0.